The van der Waals surface area contributed by atoms with E-state index in [1.165, 1.54) is 0 Å². The number of nitrogens with one attached hydrogen (secondary N) is 1. The highest BCUT2D eigenvalue weighted by Crippen LogP contribution is 2.33. The Hall–Kier alpha value is -2.89. The quantitative estimate of drug-likeness (QED) is 0.862. The van der Waals surface area contributed by atoms with Gasteiger partial charge in [0.2, 0.25) is 0 Å². The van der Waals surface area contributed by atoms with Gasteiger partial charge in [-0.05, 0) is 24.3 Å². The number of aromatic nitrogens is 1. The van der Waals surface area contributed by atoms with Crippen molar-refractivity contribution in [1.82, 2.24) is 15.2 Å². The summed E-state index contributed by atoms with van der Waals surface area (Å²) in [7, 11) is 0. The third kappa shape index (κ3) is 2.95. The number of ether oxygens (including phenoxy) is 1. The van der Waals surface area contributed by atoms with Crippen molar-refractivity contribution in [2.24, 2.45) is 0 Å². The van der Waals surface area contributed by atoms with Gasteiger partial charge in [-0.15, -0.1) is 0 Å². The molecule has 2 aromatic rings. The Labute approximate surface area is 145 Å². The Kier molecular flexibility index (Phi) is 3.87. The molecule has 3 heterocycles. The second kappa shape index (κ2) is 6.20. The zero-order valence-electron chi connectivity index (χ0n) is 13.8. The van der Waals surface area contributed by atoms with E-state index in [4.69, 9.17) is 4.74 Å². The number of benzene rings is 1. The molecule has 6 heteroatoms. The lowest BCUT2D eigenvalue weighted by Gasteiger charge is -2.41. The molecule has 0 saturated carbocycles. The summed E-state index contributed by atoms with van der Waals surface area (Å²) in [6.45, 7) is 1.65. The zero-order chi connectivity index (χ0) is 17.3. The Morgan fingerprint density at radius 2 is 1.84 bits per heavy atom. The van der Waals surface area contributed by atoms with Gasteiger partial charge in [-0.25, -0.2) is 0 Å². The monoisotopic (exact) mass is 337 g/mol. The summed E-state index contributed by atoms with van der Waals surface area (Å²) in [4.78, 5) is 30.6. The Morgan fingerprint density at radius 3 is 2.60 bits per heavy atom. The molecule has 2 aliphatic rings. The number of para-hydroxylation sites is 1. The summed E-state index contributed by atoms with van der Waals surface area (Å²) < 4.78 is 6.26. The fourth-order valence-corrected chi connectivity index (χ4v) is 3.42. The lowest BCUT2D eigenvalue weighted by atomic mass is 9.90. The maximum Gasteiger partial charge on any atom is 0.255 e. The molecule has 1 N–H and O–H groups in total. The van der Waals surface area contributed by atoms with Gasteiger partial charge in [0.05, 0.1) is 12.1 Å². The zero-order valence-corrected chi connectivity index (χ0v) is 13.8. The summed E-state index contributed by atoms with van der Waals surface area (Å²) in [5.41, 5.74) is 0.748. The van der Waals surface area contributed by atoms with Crippen LogP contribution < -0.4 is 10.1 Å². The molecule has 4 rings (SSSR count). The van der Waals surface area contributed by atoms with Crippen LogP contribution in [0.5, 0.6) is 5.75 Å². The van der Waals surface area contributed by atoms with Crippen LogP contribution in [0.15, 0.2) is 48.8 Å². The van der Waals surface area contributed by atoms with Crippen molar-refractivity contribution < 1.29 is 14.3 Å². The second-order valence-corrected chi connectivity index (χ2v) is 6.49. The molecule has 0 radical (unpaired) electrons. The largest absolute Gasteiger partial charge is 0.484 e. The average Bonchev–Trinajstić information content (AvgIpc) is 2.80. The number of rotatable bonds is 1. The highest BCUT2D eigenvalue weighted by Gasteiger charge is 2.40. The summed E-state index contributed by atoms with van der Waals surface area (Å²) in [5.74, 6) is 0.518. The molecule has 0 aliphatic carbocycles. The van der Waals surface area contributed by atoms with E-state index in [1.807, 2.05) is 23.1 Å². The van der Waals surface area contributed by atoms with Gasteiger partial charge >= 0.3 is 0 Å². The number of pyridine rings is 1. The molecule has 1 saturated heterocycles. The Balaban J connectivity index is 1.50. The van der Waals surface area contributed by atoms with Gasteiger partial charge in [-0.3, -0.25) is 14.6 Å². The highest BCUT2D eigenvalue weighted by molar-refractivity contribution is 5.97. The predicted octanol–water partition coefficient (Wildman–Crippen LogP) is 1.88. The number of carbonyl (C=O) groups excluding carboxylic acids is 2. The molecule has 0 unspecified atom stereocenters. The molecule has 1 spiro atoms. The average molecular weight is 337 g/mol. The first kappa shape index (κ1) is 15.6. The van der Waals surface area contributed by atoms with Crippen molar-refractivity contribution in [2.45, 2.75) is 18.4 Å². The first-order valence-corrected chi connectivity index (χ1v) is 8.42. The van der Waals surface area contributed by atoms with Gasteiger partial charge < -0.3 is 15.0 Å². The van der Waals surface area contributed by atoms with Crippen molar-refractivity contribution in [1.29, 1.82) is 0 Å². The molecule has 1 aromatic heterocycles. The van der Waals surface area contributed by atoms with E-state index < -0.39 is 5.60 Å². The number of likely N-dealkylation sites (tertiary alicyclic amines) is 1. The van der Waals surface area contributed by atoms with Crippen LogP contribution in [0, 0.1) is 0 Å². The van der Waals surface area contributed by atoms with Gasteiger partial charge in [0.15, 0.2) is 0 Å². The number of nitrogens with zero attached hydrogens (tertiary/aromatic N) is 2. The fourth-order valence-electron chi connectivity index (χ4n) is 3.42. The van der Waals surface area contributed by atoms with E-state index in [1.54, 1.807) is 30.6 Å². The second-order valence-electron chi connectivity index (χ2n) is 6.49. The van der Waals surface area contributed by atoms with Crippen LogP contribution in [0.25, 0.3) is 0 Å². The number of amides is 2. The number of fused-ring (bicyclic) bond motifs is 1. The van der Waals surface area contributed by atoms with Crippen LogP contribution >= 0.6 is 0 Å². The summed E-state index contributed by atoms with van der Waals surface area (Å²) in [6, 6.07) is 10.8. The van der Waals surface area contributed by atoms with Crippen molar-refractivity contribution in [3.63, 3.8) is 0 Å². The Morgan fingerprint density at radius 1 is 1.12 bits per heavy atom. The summed E-state index contributed by atoms with van der Waals surface area (Å²) >= 11 is 0. The molecule has 25 heavy (non-hydrogen) atoms. The molecular weight excluding hydrogens is 318 g/mol. The number of hydrogen-bond acceptors (Lipinski definition) is 4. The van der Waals surface area contributed by atoms with E-state index >= 15 is 0 Å². The maximum atomic E-state index is 12.6. The number of hydrogen-bond donors (Lipinski definition) is 1. The summed E-state index contributed by atoms with van der Waals surface area (Å²) in [5, 5.41) is 2.96. The van der Waals surface area contributed by atoms with Crippen LogP contribution in [0.1, 0.15) is 33.6 Å². The molecule has 1 aromatic carbocycles. The minimum atomic E-state index is -0.461. The van der Waals surface area contributed by atoms with Crippen LogP contribution in [-0.2, 0) is 0 Å². The molecule has 2 amide bonds. The van der Waals surface area contributed by atoms with E-state index in [2.05, 4.69) is 10.3 Å². The first-order valence-electron chi connectivity index (χ1n) is 8.42. The van der Waals surface area contributed by atoms with E-state index in [9.17, 15) is 9.59 Å². The van der Waals surface area contributed by atoms with Crippen LogP contribution in [0.3, 0.4) is 0 Å². The van der Waals surface area contributed by atoms with Crippen LogP contribution in [0.2, 0.25) is 0 Å². The van der Waals surface area contributed by atoms with Crippen LogP contribution in [0.4, 0.5) is 0 Å². The third-order valence-electron chi connectivity index (χ3n) is 4.92. The molecule has 6 nitrogen and oxygen atoms in total. The fraction of sp³-hybridized carbons (Fsp3) is 0.316. The number of piperidine rings is 1. The summed E-state index contributed by atoms with van der Waals surface area (Å²) in [6.07, 6.45) is 4.61. The van der Waals surface area contributed by atoms with Gasteiger partial charge in [0, 0.05) is 43.9 Å². The molecule has 0 atom stereocenters. The van der Waals surface area contributed by atoms with E-state index in [-0.39, 0.29) is 11.8 Å². The topological polar surface area (TPSA) is 71.5 Å². The smallest absolute Gasteiger partial charge is 0.255 e. The minimum Gasteiger partial charge on any atom is -0.484 e. The Bertz CT molecular complexity index is 799. The van der Waals surface area contributed by atoms with Gasteiger partial charge in [-0.2, -0.15) is 0 Å². The van der Waals surface area contributed by atoms with E-state index in [0.717, 1.165) is 0 Å². The third-order valence-corrected chi connectivity index (χ3v) is 4.92. The van der Waals surface area contributed by atoms with Gasteiger partial charge in [0.25, 0.3) is 11.8 Å². The number of carbonyl (C=O) groups is 2. The van der Waals surface area contributed by atoms with Crippen molar-refractivity contribution in [3.8, 4) is 5.75 Å². The predicted molar refractivity (Wildman–Crippen MR) is 91.5 cm³/mol. The maximum absolute atomic E-state index is 12.6. The molecule has 2 aliphatic heterocycles. The van der Waals surface area contributed by atoms with E-state index in [0.29, 0.717) is 49.4 Å². The van der Waals surface area contributed by atoms with Crippen molar-refractivity contribution in [2.75, 3.05) is 19.6 Å². The lowest BCUT2D eigenvalue weighted by molar-refractivity contribution is 0.00771. The van der Waals surface area contributed by atoms with Crippen LogP contribution in [-0.4, -0.2) is 46.9 Å². The van der Waals surface area contributed by atoms with Gasteiger partial charge in [-0.1, -0.05) is 12.1 Å². The standard InChI is InChI=1S/C19H19N3O3/c23-17-15-3-1-2-4-16(15)25-19(13-21-17)7-11-22(12-8-19)18(24)14-5-9-20-10-6-14/h1-6,9-10H,7-8,11-13H2,(H,21,23). The highest BCUT2D eigenvalue weighted by atomic mass is 16.5. The SMILES string of the molecule is O=C1NCC2(CCN(C(=O)c3ccncc3)CC2)Oc2ccccc21. The van der Waals surface area contributed by atoms with Gasteiger partial charge in [0.1, 0.15) is 11.4 Å². The molecule has 1 fully saturated rings. The molecule has 0 bridgehead atoms. The molecular formula is C19H19N3O3. The normalized spacial score (nSPS) is 18.7. The van der Waals surface area contributed by atoms with Crippen molar-refractivity contribution in [3.05, 3.63) is 59.9 Å². The van der Waals surface area contributed by atoms with Crippen molar-refractivity contribution >= 4 is 11.8 Å². The first-order chi connectivity index (χ1) is 12.2. The molecule has 128 valence electrons. The lowest BCUT2D eigenvalue weighted by Crippen LogP contribution is -2.54. The minimum absolute atomic E-state index is 0.00954.